The molecule has 2 N–H and O–H groups in total. The average Bonchev–Trinajstić information content (AvgIpc) is 2.95. The molecule has 2 aliphatic carbocycles. The highest BCUT2D eigenvalue weighted by molar-refractivity contribution is 5.87. The number of fused-ring (bicyclic) bond motifs is 2. The zero-order valence-electron chi connectivity index (χ0n) is 14.7. The Morgan fingerprint density at radius 2 is 1.70 bits per heavy atom. The Bertz CT molecular complexity index is 458. The van der Waals surface area contributed by atoms with Gasteiger partial charge in [0.05, 0.1) is 18.4 Å². The maximum atomic E-state index is 12.7. The molecule has 2 aliphatic rings. The summed E-state index contributed by atoms with van der Waals surface area (Å²) in [6.45, 7) is 10.1. The standard InChI is InChI=1S/C17H29NO5/c1-9-10(2)12-8-11(9)13(15(19)18-6-7-22-21)14(12)16(20)23-17(3,4)5/h9-14,21H,6-8H2,1-5H3,(H,18,19). The Kier molecular flexibility index (Phi) is 5.36. The summed E-state index contributed by atoms with van der Waals surface area (Å²) in [7, 11) is 0. The molecule has 2 rings (SSSR count). The van der Waals surface area contributed by atoms with Crippen LogP contribution in [0, 0.1) is 35.5 Å². The van der Waals surface area contributed by atoms with Crippen molar-refractivity contribution in [2.75, 3.05) is 13.2 Å². The minimum absolute atomic E-state index is 0.0373. The minimum atomic E-state index is -0.556. The van der Waals surface area contributed by atoms with E-state index in [2.05, 4.69) is 24.1 Å². The number of amides is 1. The second-order valence-electron chi connectivity index (χ2n) is 7.99. The number of ether oxygens (including phenoxy) is 1. The van der Waals surface area contributed by atoms with E-state index in [1.807, 2.05) is 20.8 Å². The molecular formula is C17H29NO5. The van der Waals surface area contributed by atoms with Crippen LogP contribution in [0.2, 0.25) is 0 Å². The fraction of sp³-hybridized carbons (Fsp3) is 0.882. The van der Waals surface area contributed by atoms with Gasteiger partial charge in [-0.05, 0) is 50.9 Å². The molecule has 0 saturated heterocycles. The van der Waals surface area contributed by atoms with Crippen molar-refractivity contribution in [3.8, 4) is 0 Å². The number of esters is 1. The van der Waals surface area contributed by atoms with Gasteiger partial charge in [-0.25, -0.2) is 4.89 Å². The van der Waals surface area contributed by atoms with Crippen LogP contribution in [-0.2, 0) is 19.2 Å². The first-order valence-corrected chi connectivity index (χ1v) is 8.44. The zero-order chi connectivity index (χ0) is 17.4. The molecule has 2 fully saturated rings. The van der Waals surface area contributed by atoms with Crippen molar-refractivity contribution in [3.63, 3.8) is 0 Å². The fourth-order valence-corrected chi connectivity index (χ4v) is 4.39. The number of hydrogen-bond donors (Lipinski definition) is 2. The molecular weight excluding hydrogens is 298 g/mol. The lowest BCUT2D eigenvalue weighted by Gasteiger charge is -2.37. The van der Waals surface area contributed by atoms with Crippen molar-refractivity contribution < 1.29 is 24.5 Å². The van der Waals surface area contributed by atoms with Gasteiger partial charge in [-0.2, -0.15) is 0 Å². The van der Waals surface area contributed by atoms with Crippen LogP contribution >= 0.6 is 0 Å². The molecule has 2 bridgehead atoms. The van der Waals surface area contributed by atoms with E-state index in [-0.39, 0.29) is 48.7 Å². The first kappa shape index (κ1) is 18.2. The number of nitrogens with one attached hydrogen (secondary N) is 1. The Morgan fingerprint density at radius 3 is 2.22 bits per heavy atom. The summed E-state index contributed by atoms with van der Waals surface area (Å²) in [5.41, 5.74) is -0.556. The predicted molar refractivity (Wildman–Crippen MR) is 84.3 cm³/mol. The maximum Gasteiger partial charge on any atom is 0.310 e. The minimum Gasteiger partial charge on any atom is -0.460 e. The Labute approximate surface area is 137 Å². The second-order valence-corrected chi connectivity index (χ2v) is 7.99. The molecule has 6 heteroatoms. The van der Waals surface area contributed by atoms with Gasteiger partial charge in [-0.1, -0.05) is 13.8 Å². The summed E-state index contributed by atoms with van der Waals surface area (Å²) in [6, 6.07) is 0. The van der Waals surface area contributed by atoms with Crippen LogP contribution in [0.5, 0.6) is 0 Å². The van der Waals surface area contributed by atoms with E-state index in [0.29, 0.717) is 11.8 Å². The highest BCUT2D eigenvalue weighted by Crippen LogP contribution is 2.58. The van der Waals surface area contributed by atoms with E-state index in [9.17, 15) is 9.59 Å². The van der Waals surface area contributed by atoms with Crippen molar-refractivity contribution in [2.24, 2.45) is 35.5 Å². The summed E-state index contributed by atoms with van der Waals surface area (Å²) < 4.78 is 5.58. The molecule has 2 saturated carbocycles. The summed E-state index contributed by atoms with van der Waals surface area (Å²) in [5.74, 6) is 0.134. The smallest absolute Gasteiger partial charge is 0.310 e. The van der Waals surface area contributed by atoms with Gasteiger partial charge in [0.15, 0.2) is 0 Å². The van der Waals surface area contributed by atoms with E-state index in [0.717, 1.165) is 6.42 Å². The number of hydrogen-bond acceptors (Lipinski definition) is 5. The normalized spacial score (nSPS) is 36.1. The quantitative estimate of drug-likeness (QED) is 0.349. The largest absolute Gasteiger partial charge is 0.460 e. The molecule has 1 amide bonds. The highest BCUT2D eigenvalue weighted by atomic mass is 17.1. The number of carbonyl (C=O) groups excluding carboxylic acids is 2. The van der Waals surface area contributed by atoms with Crippen molar-refractivity contribution in [2.45, 2.75) is 46.6 Å². The van der Waals surface area contributed by atoms with Gasteiger partial charge in [-0.15, -0.1) is 0 Å². The van der Waals surface area contributed by atoms with E-state index >= 15 is 0 Å². The van der Waals surface area contributed by atoms with Gasteiger partial charge in [-0.3, -0.25) is 14.8 Å². The lowest BCUT2D eigenvalue weighted by molar-refractivity contribution is -0.240. The summed E-state index contributed by atoms with van der Waals surface area (Å²) in [4.78, 5) is 29.3. The highest BCUT2D eigenvalue weighted by Gasteiger charge is 2.60. The molecule has 132 valence electrons. The van der Waals surface area contributed by atoms with Crippen LogP contribution in [0.3, 0.4) is 0 Å². The summed E-state index contributed by atoms with van der Waals surface area (Å²) >= 11 is 0. The first-order valence-electron chi connectivity index (χ1n) is 8.44. The summed E-state index contributed by atoms with van der Waals surface area (Å²) in [6.07, 6.45) is 0.904. The molecule has 6 nitrogen and oxygen atoms in total. The van der Waals surface area contributed by atoms with Crippen molar-refractivity contribution in [3.05, 3.63) is 0 Å². The van der Waals surface area contributed by atoms with Crippen LogP contribution in [0.25, 0.3) is 0 Å². The molecule has 6 atom stereocenters. The molecule has 0 aliphatic heterocycles. The topological polar surface area (TPSA) is 84.9 Å². The van der Waals surface area contributed by atoms with E-state index in [1.54, 1.807) is 0 Å². The third-order valence-corrected chi connectivity index (χ3v) is 5.51. The van der Waals surface area contributed by atoms with E-state index < -0.39 is 5.60 Å². The predicted octanol–water partition coefficient (Wildman–Crippen LogP) is 2.09. The number of rotatable bonds is 5. The molecule has 0 aromatic carbocycles. The van der Waals surface area contributed by atoms with Gasteiger partial charge in [0.2, 0.25) is 5.91 Å². The second kappa shape index (κ2) is 6.77. The molecule has 23 heavy (non-hydrogen) atoms. The van der Waals surface area contributed by atoms with Gasteiger partial charge in [0.25, 0.3) is 0 Å². The summed E-state index contributed by atoms with van der Waals surface area (Å²) in [5, 5.41) is 11.1. The molecule has 0 heterocycles. The van der Waals surface area contributed by atoms with Gasteiger partial charge in [0, 0.05) is 6.54 Å². The van der Waals surface area contributed by atoms with Crippen molar-refractivity contribution in [1.29, 1.82) is 0 Å². The third kappa shape index (κ3) is 3.69. The van der Waals surface area contributed by atoms with E-state index in [1.165, 1.54) is 0 Å². The van der Waals surface area contributed by atoms with E-state index in [4.69, 9.17) is 9.99 Å². The van der Waals surface area contributed by atoms with Crippen LogP contribution in [0.4, 0.5) is 0 Å². The SMILES string of the molecule is CC1C(C)C2CC1C(C(=O)NCCOO)C2C(=O)OC(C)(C)C. The average molecular weight is 327 g/mol. The number of carbonyl (C=O) groups is 2. The molecule has 0 aromatic heterocycles. The molecule has 6 unspecified atom stereocenters. The van der Waals surface area contributed by atoms with Gasteiger partial charge >= 0.3 is 5.97 Å². The van der Waals surface area contributed by atoms with Crippen LogP contribution < -0.4 is 5.32 Å². The molecule has 0 spiro atoms. The lowest BCUT2D eigenvalue weighted by atomic mass is 9.69. The van der Waals surface area contributed by atoms with Crippen LogP contribution in [-0.4, -0.2) is 35.9 Å². The maximum absolute atomic E-state index is 12.7. The lowest BCUT2D eigenvalue weighted by Crippen LogP contribution is -2.47. The van der Waals surface area contributed by atoms with Crippen LogP contribution in [0.1, 0.15) is 41.0 Å². The fourth-order valence-electron chi connectivity index (χ4n) is 4.39. The van der Waals surface area contributed by atoms with Crippen LogP contribution in [0.15, 0.2) is 0 Å². The third-order valence-electron chi connectivity index (χ3n) is 5.51. The Morgan fingerprint density at radius 1 is 1.13 bits per heavy atom. The Balaban J connectivity index is 2.16. The van der Waals surface area contributed by atoms with Gasteiger partial charge < -0.3 is 10.1 Å². The Hall–Kier alpha value is -1.14. The molecule has 0 aromatic rings. The monoisotopic (exact) mass is 327 g/mol. The van der Waals surface area contributed by atoms with Gasteiger partial charge in [0.1, 0.15) is 5.60 Å². The van der Waals surface area contributed by atoms with Crippen molar-refractivity contribution >= 4 is 11.9 Å². The molecule has 0 radical (unpaired) electrons. The van der Waals surface area contributed by atoms with Crippen molar-refractivity contribution in [1.82, 2.24) is 5.32 Å². The first-order chi connectivity index (χ1) is 10.7. The zero-order valence-corrected chi connectivity index (χ0v) is 14.7.